The molecule has 0 amide bonds. The first-order valence-corrected chi connectivity index (χ1v) is 7.09. The Hall–Kier alpha value is -1.53. The number of para-hydroxylation sites is 1. The zero-order valence-corrected chi connectivity index (χ0v) is 12.5. The predicted octanol–water partition coefficient (Wildman–Crippen LogP) is 3.62. The largest absolute Gasteiger partial charge is 0.286 e. The molecule has 1 aliphatic rings. The van der Waals surface area contributed by atoms with Crippen LogP contribution < -0.4 is 10.5 Å². The number of halogens is 1. The van der Waals surface area contributed by atoms with Gasteiger partial charge in [-0.15, -0.1) is 5.53 Å². The van der Waals surface area contributed by atoms with Gasteiger partial charge in [0.1, 0.15) is 0 Å². The lowest BCUT2D eigenvalue weighted by Gasteiger charge is -2.34. The molecule has 3 nitrogen and oxygen atoms in total. The third kappa shape index (κ3) is 2.90. The van der Waals surface area contributed by atoms with E-state index in [1.54, 1.807) is 0 Å². The van der Waals surface area contributed by atoms with Crippen molar-refractivity contribution in [3.05, 3.63) is 72.4 Å². The molecule has 0 aliphatic carbocycles. The zero-order valence-electron chi connectivity index (χ0n) is 10.3. The Bertz CT molecular complexity index is 568. The minimum absolute atomic E-state index is 0.841. The summed E-state index contributed by atoms with van der Waals surface area (Å²) in [4.78, 5) is 0. The SMILES string of the molecule is IN1C=C(c2ccccc2)CN(c2ccccc2)N1. The van der Waals surface area contributed by atoms with Crippen LogP contribution in [0, 0.1) is 0 Å². The number of rotatable bonds is 2. The molecule has 2 aromatic rings. The number of hydrogen-bond donors (Lipinski definition) is 1. The standard InChI is InChI=1S/C15H14IN3/c16-19-12-14(13-7-3-1-4-8-13)11-18(17-19)15-9-5-2-6-10-15/h1-10,12,17H,11H2. The van der Waals surface area contributed by atoms with Crippen LogP contribution in [0.5, 0.6) is 0 Å². The lowest BCUT2D eigenvalue weighted by molar-refractivity contribution is 0.450. The molecular formula is C15H14IN3. The highest BCUT2D eigenvalue weighted by atomic mass is 127. The van der Waals surface area contributed by atoms with Crippen molar-refractivity contribution in [1.29, 1.82) is 0 Å². The third-order valence-corrected chi connectivity index (χ3v) is 3.52. The first-order valence-electron chi connectivity index (χ1n) is 6.13. The average Bonchev–Trinajstić information content (AvgIpc) is 2.48. The van der Waals surface area contributed by atoms with Crippen molar-refractivity contribution < 1.29 is 0 Å². The van der Waals surface area contributed by atoms with E-state index in [4.69, 9.17) is 0 Å². The molecule has 1 N–H and O–H groups in total. The molecular weight excluding hydrogens is 349 g/mol. The summed E-state index contributed by atoms with van der Waals surface area (Å²) in [6, 6.07) is 20.8. The average molecular weight is 363 g/mol. The summed E-state index contributed by atoms with van der Waals surface area (Å²) in [5, 5.41) is 2.13. The van der Waals surface area contributed by atoms with Crippen LogP contribution in [-0.4, -0.2) is 9.77 Å². The number of anilines is 1. The van der Waals surface area contributed by atoms with Crippen LogP contribution in [0.3, 0.4) is 0 Å². The fraction of sp³-hybridized carbons (Fsp3) is 0.0667. The van der Waals surface area contributed by atoms with E-state index in [9.17, 15) is 0 Å². The highest BCUT2D eigenvalue weighted by Gasteiger charge is 2.17. The van der Waals surface area contributed by atoms with Crippen LogP contribution in [-0.2, 0) is 0 Å². The molecule has 1 aliphatic heterocycles. The minimum atomic E-state index is 0.841. The van der Waals surface area contributed by atoms with Crippen molar-refractivity contribution in [3.63, 3.8) is 0 Å². The molecule has 0 unspecified atom stereocenters. The van der Waals surface area contributed by atoms with Crippen molar-refractivity contribution in [2.75, 3.05) is 11.6 Å². The molecule has 2 aromatic carbocycles. The van der Waals surface area contributed by atoms with Crippen LogP contribution in [0.2, 0.25) is 0 Å². The molecule has 0 atom stereocenters. The number of benzene rings is 2. The first-order chi connectivity index (χ1) is 9.33. The highest BCUT2D eigenvalue weighted by Crippen LogP contribution is 2.24. The molecule has 0 saturated heterocycles. The van der Waals surface area contributed by atoms with Crippen molar-refractivity contribution in [2.45, 2.75) is 0 Å². The van der Waals surface area contributed by atoms with E-state index in [0.29, 0.717) is 0 Å². The predicted molar refractivity (Wildman–Crippen MR) is 87.2 cm³/mol. The normalized spacial score (nSPS) is 15.3. The second-order valence-corrected chi connectivity index (χ2v) is 5.39. The van der Waals surface area contributed by atoms with Gasteiger partial charge < -0.3 is 0 Å². The van der Waals surface area contributed by atoms with E-state index < -0.39 is 0 Å². The van der Waals surface area contributed by atoms with Crippen molar-refractivity contribution in [3.8, 4) is 0 Å². The second kappa shape index (κ2) is 5.63. The summed E-state index contributed by atoms with van der Waals surface area (Å²) in [6.07, 6.45) is 2.12. The van der Waals surface area contributed by atoms with E-state index >= 15 is 0 Å². The number of nitrogens with zero attached hydrogens (tertiary/aromatic N) is 2. The van der Waals surface area contributed by atoms with Crippen LogP contribution in [0.15, 0.2) is 66.9 Å². The molecule has 0 aromatic heterocycles. The van der Waals surface area contributed by atoms with Gasteiger partial charge in [0.05, 0.1) is 35.1 Å². The molecule has 0 fully saturated rings. The molecule has 1 heterocycles. The quantitative estimate of drug-likeness (QED) is 0.650. The zero-order chi connectivity index (χ0) is 13.1. The van der Waals surface area contributed by atoms with Gasteiger partial charge in [-0.1, -0.05) is 48.5 Å². The maximum absolute atomic E-state index is 3.31. The lowest BCUT2D eigenvalue weighted by Crippen LogP contribution is -2.47. The van der Waals surface area contributed by atoms with Gasteiger partial charge in [0.25, 0.3) is 0 Å². The van der Waals surface area contributed by atoms with Gasteiger partial charge >= 0.3 is 0 Å². The fourth-order valence-electron chi connectivity index (χ4n) is 2.10. The summed E-state index contributed by atoms with van der Waals surface area (Å²) in [5.74, 6) is 0. The minimum Gasteiger partial charge on any atom is -0.286 e. The van der Waals surface area contributed by atoms with E-state index in [1.165, 1.54) is 11.1 Å². The first kappa shape index (κ1) is 12.5. The summed E-state index contributed by atoms with van der Waals surface area (Å²) in [7, 11) is 0. The van der Waals surface area contributed by atoms with Crippen molar-refractivity contribution in [2.24, 2.45) is 0 Å². The number of nitrogens with one attached hydrogen (secondary N) is 1. The smallest absolute Gasteiger partial charge is 0.0777 e. The van der Waals surface area contributed by atoms with Crippen LogP contribution in [0.1, 0.15) is 5.56 Å². The Morgan fingerprint density at radius 2 is 1.53 bits per heavy atom. The number of hydrogen-bond acceptors (Lipinski definition) is 3. The van der Waals surface area contributed by atoms with Gasteiger partial charge in [0.2, 0.25) is 0 Å². The van der Waals surface area contributed by atoms with Gasteiger partial charge in [0, 0.05) is 6.20 Å². The molecule has 0 spiro atoms. The van der Waals surface area contributed by atoms with Gasteiger partial charge in [-0.25, -0.2) is 3.22 Å². The molecule has 0 saturated carbocycles. The fourth-order valence-corrected chi connectivity index (χ4v) is 2.70. The number of hydrazine groups is 2. The van der Waals surface area contributed by atoms with Crippen LogP contribution in [0.25, 0.3) is 5.57 Å². The third-order valence-electron chi connectivity index (χ3n) is 3.03. The van der Waals surface area contributed by atoms with Gasteiger partial charge in [-0.2, -0.15) is 0 Å². The van der Waals surface area contributed by atoms with Gasteiger partial charge in [-0.05, 0) is 23.3 Å². The Morgan fingerprint density at radius 1 is 0.895 bits per heavy atom. The molecule has 4 heteroatoms. The van der Waals surface area contributed by atoms with Gasteiger partial charge in [0.15, 0.2) is 0 Å². The van der Waals surface area contributed by atoms with E-state index in [2.05, 4.69) is 88.1 Å². The van der Waals surface area contributed by atoms with E-state index in [0.717, 1.165) is 12.2 Å². The summed E-state index contributed by atoms with van der Waals surface area (Å²) in [6.45, 7) is 0.841. The molecule has 0 bridgehead atoms. The van der Waals surface area contributed by atoms with Gasteiger partial charge in [-0.3, -0.25) is 5.01 Å². The Kier molecular flexibility index (Phi) is 3.70. The van der Waals surface area contributed by atoms with Crippen LogP contribution in [0.4, 0.5) is 5.69 Å². The lowest BCUT2D eigenvalue weighted by atomic mass is 10.1. The molecule has 96 valence electrons. The maximum Gasteiger partial charge on any atom is 0.0777 e. The van der Waals surface area contributed by atoms with Crippen molar-refractivity contribution >= 4 is 34.1 Å². The van der Waals surface area contributed by atoms with E-state index in [-0.39, 0.29) is 0 Å². The summed E-state index contributed by atoms with van der Waals surface area (Å²) in [5.41, 5.74) is 7.01. The second-order valence-electron chi connectivity index (χ2n) is 4.35. The molecule has 3 rings (SSSR count). The maximum atomic E-state index is 3.31. The Balaban J connectivity index is 1.88. The Labute approximate surface area is 127 Å². The molecule has 0 radical (unpaired) electrons. The van der Waals surface area contributed by atoms with Crippen molar-refractivity contribution in [1.82, 2.24) is 8.76 Å². The topological polar surface area (TPSA) is 18.5 Å². The monoisotopic (exact) mass is 363 g/mol. The Morgan fingerprint density at radius 3 is 2.21 bits per heavy atom. The summed E-state index contributed by atoms with van der Waals surface area (Å²) >= 11 is 2.24. The highest BCUT2D eigenvalue weighted by molar-refractivity contribution is 14.1. The van der Waals surface area contributed by atoms with Crippen LogP contribution >= 0.6 is 22.9 Å². The van der Waals surface area contributed by atoms with E-state index in [1.807, 2.05) is 15.4 Å². The summed E-state index contributed by atoms with van der Waals surface area (Å²) < 4.78 is 1.95. The molecule has 19 heavy (non-hydrogen) atoms.